The molecule has 6 heteroatoms. The van der Waals surface area contributed by atoms with Crippen molar-refractivity contribution in [2.24, 2.45) is 10.9 Å². The zero-order valence-electron chi connectivity index (χ0n) is 14.4. The van der Waals surface area contributed by atoms with Gasteiger partial charge in [0.2, 0.25) is 0 Å². The summed E-state index contributed by atoms with van der Waals surface area (Å²) in [6.07, 6.45) is 3.03. The molecule has 1 heterocycles. The van der Waals surface area contributed by atoms with E-state index in [9.17, 15) is 0 Å². The molecule has 0 aromatic heterocycles. The van der Waals surface area contributed by atoms with Crippen molar-refractivity contribution in [3.63, 3.8) is 0 Å². The Kier molecular flexibility index (Phi) is 8.95. The predicted octanol–water partition coefficient (Wildman–Crippen LogP) is 2.49. The number of hydrogen-bond donors (Lipinski definition) is 2. The van der Waals surface area contributed by atoms with E-state index in [1.165, 1.54) is 5.56 Å². The number of guanidine groups is 1. The van der Waals surface area contributed by atoms with Gasteiger partial charge in [0, 0.05) is 44.3 Å². The Morgan fingerprint density at radius 1 is 1.29 bits per heavy atom. The van der Waals surface area contributed by atoms with Crippen molar-refractivity contribution < 1.29 is 9.47 Å². The van der Waals surface area contributed by atoms with Crippen molar-refractivity contribution in [3.05, 3.63) is 34.9 Å². The topological polar surface area (TPSA) is 54.9 Å². The summed E-state index contributed by atoms with van der Waals surface area (Å²) < 4.78 is 11.0. The quantitative estimate of drug-likeness (QED) is 0.407. The summed E-state index contributed by atoms with van der Waals surface area (Å²) in [5.74, 6) is 1.41. The normalized spacial score (nSPS) is 17.9. The van der Waals surface area contributed by atoms with Gasteiger partial charge in [-0.25, -0.2) is 0 Å². The molecule has 1 aliphatic heterocycles. The maximum atomic E-state index is 5.89. The van der Waals surface area contributed by atoms with Gasteiger partial charge in [-0.05, 0) is 37.0 Å². The monoisotopic (exact) mass is 353 g/mol. The molecule has 1 aromatic carbocycles. The molecule has 2 rings (SSSR count). The molecule has 5 nitrogen and oxygen atoms in total. The van der Waals surface area contributed by atoms with Crippen molar-refractivity contribution in [1.82, 2.24) is 10.6 Å². The van der Waals surface area contributed by atoms with E-state index in [-0.39, 0.29) is 0 Å². The molecule has 0 bridgehead atoms. The smallest absolute Gasteiger partial charge is 0.190 e. The van der Waals surface area contributed by atoms with Gasteiger partial charge in [0.15, 0.2) is 5.96 Å². The minimum absolute atomic E-state index is 0.584. The molecule has 0 radical (unpaired) electrons. The predicted molar refractivity (Wildman–Crippen MR) is 98.9 cm³/mol. The first kappa shape index (κ1) is 19.0. The van der Waals surface area contributed by atoms with Gasteiger partial charge < -0.3 is 20.1 Å². The van der Waals surface area contributed by atoms with Crippen LogP contribution in [0.4, 0.5) is 0 Å². The van der Waals surface area contributed by atoms with E-state index in [1.807, 2.05) is 24.3 Å². The lowest BCUT2D eigenvalue weighted by Crippen LogP contribution is -2.39. The minimum Gasteiger partial charge on any atom is -0.381 e. The Bertz CT molecular complexity index is 488. The molecule has 1 saturated heterocycles. The summed E-state index contributed by atoms with van der Waals surface area (Å²) >= 11 is 5.89. The molecule has 1 unspecified atom stereocenters. The number of benzene rings is 1. The van der Waals surface area contributed by atoms with E-state index in [0.717, 1.165) is 69.8 Å². The highest BCUT2D eigenvalue weighted by Gasteiger charge is 2.15. The molecule has 0 saturated carbocycles. The van der Waals surface area contributed by atoms with Crippen LogP contribution in [0, 0.1) is 5.92 Å². The Labute approximate surface area is 149 Å². The number of hydrogen-bond acceptors (Lipinski definition) is 3. The molecule has 24 heavy (non-hydrogen) atoms. The number of halogens is 1. The third-order valence-electron chi connectivity index (χ3n) is 3.98. The van der Waals surface area contributed by atoms with Crippen LogP contribution in [-0.4, -0.2) is 52.5 Å². The zero-order valence-corrected chi connectivity index (χ0v) is 15.1. The first-order valence-electron chi connectivity index (χ1n) is 8.62. The van der Waals surface area contributed by atoms with Crippen molar-refractivity contribution in [2.75, 3.05) is 46.6 Å². The molecule has 2 N–H and O–H groups in total. The van der Waals surface area contributed by atoms with E-state index in [2.05, 4.69) is 15.6 Å². The van der Waals surface area contributed by atoms with Crippen LogP contribution in [0.5, 0.6) is 0 Å². The summed E-state index contributed by atoms with van der Waals surface area (Å²) in [6.45, 7) is 5.00. The summed E-state index contributed by atoms with van der Waals surface area (Å²) in [5.41, 5.74) is 1.26. The van der Waals surface area contributed by atoms with Crippen molar-refractivity contribution in [3.8, 4) is 0 Å². The minimum atomic E-state index is 0.584. The van der Waals surface area contributed by atoms with Crippen LogP contribution in [0.3, 0.4) is 0 Å². The third-order valence-corrected chi connectivity index (χ3v) is 4.23. The largest absolute Gasteiger partial charge is 0.381 e. The zero-order chi connectivity index (χ0) is 17.0. The summed E-state index contributed by atoms with van der Waals surface area (Å²) in [6, 6.07) is 7.93. The standard InChI is InChI=1S/C18H28ClN3O2/c1-20-18(22-10-7-15-3-5-17(19)6-4-15)21-9-2-11-23-13-16-8-12-24-14-16/h3-6,16H,2,7-14H2,1H3,(H2,20,21,22). The van der Waals surface area contributed by atoms with Gasteiger partial charge in [-0.1, -0.05) is 23.7 Å². The Balaban J connectivity index is 1.49. The highest BCUT2D eigenvalue weighted by atomic mass is 35.5. The van der Waals surface area contributed by atoms with E-state index in [1.54, 1.807) is 7.05 Å². The number of aliphatic imine (C=N–C) groups is 1. The second kappa shape index (κ2) is 11.3. The summed E-state index contributed by atoms with van der Waals surface area (Å²) in [7, 11) is 1.79. The Morgan fingerprint density at radius 3 is 2.79 bits per heavy atom. The van der Waals surface area contributed by atoms with Crippen LogP contribution in [-0.2, 0) is 15.9 Å². The van der Waals surface area contributed by atoms with Crippen molar-refractivity contribution >= 4 is 17.6 Å². The fraction of sp³-hybridized carbons (Fsp3) is 0.611. The van der Waals surface area contributed by atoms with Crippen LogP contribution in [0.25, 0.3) is 0 Å². The number of ether oxygens (including phenoxy) is 2. The molecule has 0 amide bonds. The molecule has 0 spiro atoms. The van der Waals surface area contributed by atoms with Crippen molar-refractivity contribution in [1.29, 1.82) is 0 Å². The fourth-order valence-electron chi connectivity index (χ4n) is 2.54. The first-order chi connectivity index (χ1) is 11.8. The average Bonchev–Trinajstić information content (AvgIpc) is 3.11. The van der Waals surface area contributed by atoms with E-state index in [4.69, 9.17) is 21.1 Å². The van der Waals surface area contributed by atoms with Crippen LogP contribution < -0.4 is 10.6 Å². The van der Waals surface area contributed by atoms with Gasteiger partial charge in [0.05, 0.1) is 13.2 Å². The van der Waals surface area contributed by atoms with Gasteiger partial charge in [-0.3, -0.25) is 4.99 Å². The number of rotatable bonds is 9. The van der Waals surface area contributed by atoms with Crippen LogP contribution in [0.1, 0.15) is 18.4 Å². The van der Waals surface area contributed by atoms with Gasteiger partial charge >= 0.3 is 0 Å². The molecular formula is C18H28ClN3O2. The maximum absolute atomic E-state index is 5.89. The number of nitrogens with one attached hydrogen (secondary N) is 2. The van der Waals surface area contributed by atoms with Gasteiger partial charge in [-0.15, -0.1) is 0 Å². The first-order valence-corrected chi connectivity index (χ1v) is 9.00. The van der Waals surface area contributed by atoms with Gasteiger partial charge in [0.25, 0.3) is 0 Å². The molecule has 1 aliphatic rings. The van der Waals surface area contributed by atoms with Gasteiger partial charge in [0.1, 0.15) is 0 Å². The summed E-state index contributed by atoms with van der Waals surface area (Å²) in [4.78, 5) is 4.23. The molecule has 1 aromatic rings. The maximum Gasteiger partial charge on any atom is 0.190 e. The van der Waals surface area contributed by atoms with Crippen molar-refractivity contribution in [2.45, 2.75) is 19.3 Å². The lowest BCUT2D eigenvalue weighted by atomic mass is 10.1. The van der Waals surface area contributed by atoms with E-state index >= 15 is 0 Å². The van der Waals surface area contributed by atoms with E-state index in [0.29, 0.717) is 5.92 Å². The lowest BCUT2D eigenvalue weighted by Gasteiger charge is -2.12. The van der Waals surface area contributed by atoms with E-state index < -0.39 is 0 Å². The third kappa shape index (κ3) is 7.51. The van der Waals surface area contributed by atoms with Crippen LogP contribution in [0.15, 0.2) is 29.3 Å². The molecule has 0 aliphatic carbocycles. The molecule has 1 atom stereocenters. The Morgan fingerprint density at radius 2 is 2.08 bits per heavy atom. The van der Waals surface area contributed by atoms with Gasteiger partial charge in [-0.2, -0.15) is 0 Å². The SMILES string of the molecule is CN=C(NCCCOCC1CCOC1)NCCc1ccc(Cl)cc1. The highest BCUT2D eigenvalue weighted by Crippen LogP contribution is 2.12. The van der Waals surface area contributed by atoms with Crippen LogP contribution in [0.2, 0.25) is 5.02 Å². The summed E-state index contributed by atoms with van der Waals surface area (Å²) in [5, 5.41) is 7.39. The van der Waals surface area contributed by atoms with Crippen LogP contribution >= 0.6 is 11.6 Å². The second-order valence-electron chi connectivity index (χ2n) is 5.96. The number of nitrogens with zero attached hydrogens (tertiary/aromatic N) is 1. The highest BCUT2D eigenvalue weighted by molar-refractivity contribution is 6.30. The average molecular weight is 354 g/mol. The fourth-order valence-corrected chi connectivity index (χ4v) is 2.67. The lowest BCUT2D eigenvalue weighted by molar-refractivity contribution is 0.0888. The molecule has 1 fully saturated rings. The Hall–Kier alpha value is -1.30. The second-order valence-corrected chi connectivity index (χ2v) is 6.40. The molecule has 134 valence electrons. The molecular weight excluding hydrogens is 326 g/mol.